The van der Waals surface area contributed by atoms with Crippen molar-refractivity contribution >= 4 is 25.0 Å². The molecule has 0 saturated carbocycles. The second-order valence-electron chi connectivity index (χ2n) is 1.25. The maximum Gasteiger partial charge on any atom is 0.221 e. The molecule has 0 atom stereocenters. The number of aromatic nitrogens is 2. The van der Waals surface area contributed by atoms with E-state index in [1.807, 2.05) is 0 Å². The molecule has 0 amide bonds. The van der Waals surface area contributed by atoms with Crippen molar-refractivity contribution in [3.05, 3.63) is 17.5 Å². The predicted molar refractivity (Wildman–Crippen MR) is 32.4 cm³/mol. The number of nitrogens with zero attached hydrogens (tertiary/aromatic N) is 2. The third-order valence-corrected chi connectivity index (χ3v) is 0.830. The van der Waals surface area contributed by atoms with Gasteiger partial charge in [-0.1, -0.05) is 0 Å². The van der Waals surface area contributed by atoms with Gasteiger partial charge >= 0.3 is 0 Å². The van der Waals surface area contributed by atoms with Crippen LogP contribution in [0.25, 0.3) is 0 Å². The fraction of sp³-hybridized carbons (Fsp3) is 0. The predicted octanol–water partition coefficient (Wildman–Crippen LogP) is -0.0762. The summed E-state index contributed by atoms with van der Waals surface area (Å²) in [5, 5.41) is 0.185. The van der Waals surface area contributed by atoms with Crippen molar-refractivity contribution in [2.45, 2.75) is 0 Å². The lowest BCUT2D eigenvalue weighted by molar-refractivity contribution is 1.20. The Morgan fingerprint density at radius 3 is 2.75 bits per heavy atom. The van der Waals surface area contributed by atoms with E-state index < -0.39 is 0 Å². The lowest BCUT2D eigenvalue weighted by Gasteiger charge is -1.87. The second kappa shape index (κ2) is 2.14. The van der Waals surface area contributed by atoms with Crippen LogP contribution in [0.3, 0.4) is 0 Å². The fourth-order valence-electron chi connectivity index (χ4n) is 0.348. The largest absolute Gasteiger partial charge is 0.235 e. The minimum Gasteiger partial charge on any atom is -0.235 e. The van der Waals surface area contributed by atoms with Crippen LogP contribution in [0.5, 0.6) is 0 Å². The van der Waals surface area contributed by atoms with E-state index in [1.54, 1.807) is 6.07 Å². The van der Waals surface area contributed by atoms with Gasteiger partial charge in [-0.25, -0.2) is 9.97 Å². The molecule has 0 saturated heterocycles. The van der Waals surface area contributed by atoms with Crippen LogP contribution in [0, 0.1) is 0 Å². The molecule has 0 unspecified atom stereocenters. The van der Waals surface area contributed by atoms with Gasteiger partial charge < -0.3 is 0 Å². The first kappa shape index (κ1) is 5.57. The first-order valence-electron chi connectivity index (χ1n) is 2.03. The Morgan fingerprint density at radius 2 is 2.38 bits per heavy atom. The molecule has 0 aliphatic carbocycles. The average molecular weight is 124 g/mol. The van der Waals surface area contributed by atoms with Crippen LogP contribution in [0.1, 0.15) is 0 Å². The molecule has 38 valence electrons. The Kier molecular flexibility index (Phi) is 1.49. The van der Waals surface area contributed by atoms with E-state index in [1.165, 1.54) is 6.20 Å². The molecule has 0 aliphatic rings. The Morgan fingerprint density at radius 1 is 1.62 bits per heavy atom. The molecule has 1 aromatic rings. The van der Waals surface area contributed by atoms with Crippen LogP contribution in [-0.4, -0.2) is 17.8 Å². The monoisotopic (exact) mass is 124 g/mol. The summed E-state index contributed by atoms with van der Waals surface area (Å²) in [7, 11) is 5.22. The molecular weight excluding hydrogens is 122 g/mol. The molecule has 1 aromatic heterocycles. The molecule has 0 spiro atoms. The molecule has 2 nitrogen and oxygen atoms in total. The van der Waals surface area contributed by atoms with Crippen molar-refractivity contribution in [3.63, 3.8) is 0 Å². The lowest BCUT2D eigenvalue weighted by atomic mass is 10.1. The Bertz CT molecular complexity index is 174. The summed E-state index contributed by atoms with van der Waals surface area (Å²) in [6.45, 7) is 0. The van der Waals surface area contributed by atoms with Crippen LogP contribution >= 0.6 is 11.6 Å². The molecule has 0 aliphatic heterocycles. The van der Waals surface area contributed by atoms with E-state index in [-0.39, 0.29) is 5.28 Å². The molecule has 2 radical (unpaired) electrons. The van der Waals surface area contributed by atoms with Crippen LogP contribution in [0.4, 0.5) is 0 Å². The molecule has 0 fully saturated rings. The number of rotatable bonds is 0. The van der Waals surface area contributed by atoms with Gasteiger partial charge in [0.15, 0.2) is 0 Å². The second-order valence-corrected chi connectivity index (χ2v) is 1.59. The van der Waals surface area contributed by atoms with Crippen LogP contribution < -0.4 is 5.59 Å². The summed E-state index contributed by atoms with van der Waals surface area (Å²) in [6.07, 6.45) is 1.50. The number of hydrogen-bond acceptors (Lipinski definition) is 2. The normalized spacial score (nSPS) is 9.12. The Labute approximate surface area is 53.3 Å². The third kappa shape index (κ3) is 1.20. The first-order valence-corrected chi connectivity index (χ1v) is 2.41. The highest BCUT2D eigenvalue weighted by molar-refractivity contribution is 6.32. The quantitative estimate of drug-likeness (QED) is 0.357. The number of hydrogen-bond donors (Lipinski definition) is 0. The van der Waals surface area contributed by atoms with Gasteiger partial charge in [0.2, 0.25) is 5.28 Å². The van der Waals surface area contributed by atoms with E-state index in [0.29, 0.717) is 5.59 Å². The van der Waals surface area contributed by atoms with Crippen molar-refractivity contribution in [2.24, 2.45) is 0 Å². The van der Waals surface area contributed by atoms with E-state index in [2.05, 4.69) is 9.97 Å². The molecule has 0 bridgehead atoms. The summed E-state index contributed by atoms with van der Waals surface area (Å²) >= 11 is 5.34. The summed E-state index contributed by atoms with van der Waals surface area (Å²) in [5.74, 6) is 0. The van der Waals surface area contributed by atoms with Gasteiger partial charge in [0, 0.05) is 6.20 Å². The Balaban J connectivity index is 3.08. The smallest absolute Gasteiger partial charge is 0.221 e. The van der Waals surface area contributed by atoms with Crippen molar-refractivity contribution in [1.82, 2.24) is 9.97 Å². The van der Waals surface area contributed by atoms with Crippen LogP contribution in [0.2, 0.25) is 5.28 Å². The van der Waals surface area contributed by atoms with Gasteiger partial charge in [-0.15, -0.1) is 0 Å². The maximum atomic E-state index is 5.34. The topological polar surface area (TPSA) is 25.8 Å². The SMILES string of the molecule is [B]c1ccnc(Cl)n1. The zero-order valence-corrected chi connectivity index (χ0v) is 4.76. The van der Waals surface area contributed by atoms with Gasteiger partial charge in [-0.3, -0.25) is 0 Å². The first-order chi connectivity index (χ1) is 3.79. The minimum atomic E-state index is 0.185. The zero-order chi connectivity index (χ0) is 5.98. The third-order valence-electron chi connectivity index (χ3n) is 0.648. The summed E-state index contributed by atoms with van der Waals surface area (Å²) in [5.41, 5.74) is 0.394. The van der Waals surface area contributed by atoms with Crippen LogP contribution in [0.15, 0.2) is 12.3 Å². The van der Waals surface area contributed by atoms with Gasteiger partial charge in [-0.2, -0.15) is 0 Å². The van der Waals surface area contributed by atoms with Crippen LogP contribution in [-0.2, 0) is 0 Å². The van der Waals surface area contributed by atoms with Gasteiger partial charge in [-0.05, 0) is 23.3 Å². The highest BCUT2D eigenvalue weighted by Gasteiger charge is 1.85. The summed E-state index contributed by atoms with van der Waals surface area (Å²) < 4.78 is 0. The highest BCUT2D eigenvalue weighted by Crippen LogP contribution is 1.90. The minimum absolute atomic E-state index is 0.185. The molecule has 1 heterocycles. The number of halogens is 1. The average Bonchev–Trinajstić information content (AvgIpc) is 1.64. The van der Waals surface area contributed by atoms with Crippen molar-refractivity contribution in [3.8, 4) is 0 Å². The van der Waals surface area contributed by atoms with Gasteiger partial charge in [0.05, 0.1) is 0 Å². The lowest BCUT2D eigenvalue weighted by Crippen LogP contribution is -2.07. The van der Waals surface area contributed by atoms with Gasteiger partial charge in [0.1, 0.15) is 7.85 Å². The molecule has 4 heteroatoms. The standard InChI is InChI=1S/C4H2BClN2/c5-3-1-2-7-4(6)8-3/h1-2H. The fourth-order valence-corrected chi connectivity index (χ4v) is 0.502. The van der Waals surface area contributed by atoms with E-state index in [0.717, 1.165) is 0 Å². The molecular formula is C4H2BClN2. The Hall–Kier alpha value is -0.565. The summed E-state index contributed by atoms with van der Waals surface area (Å²) in [6, 6.07) is 1.58. The highest BCUT2D eigenvalue weighted by atomic mass is 35.5. The molecule has 8 heavy (non-hydrogen) atoms. The van der Waals surface area contributed by atoms with Crippen molar-refractivity contribution in [2.75, 3.05) is 0 Å². The van der Waals surface area contributed by atoms with E-state index in [9.17, 15) is 0 Å². The van der Waals surface area contributed by atoms with E-state index in [4.69, 9.17) is 19.4 Å². The van der Waals surface area contributed by atoms with Gasteiger partial charge in [0.25, 0.3) is 0 Å². The van der Waals surface area contributed by atoms with E-state index >= 15 is 0 Å². The summed E-state index contributed by atoms with van der Waals surface area (Å²) in [4.78, 5) is 7.22. The van der Waals surface area contributed by atoms with Crippen molar-refractivity contribution in [1.29, 1.82) is 0 Å². The van der Waals surface area contributed by atoms with Crippen molar-refractivity contribution < 1.29 is 0 Å². The molecule has 0 N–H and O–H groups in total. The molecule has 1 rings (SSSR count). The zero-order valence-electron chi connectivity index (χ0n) is 4.00. The molecule has 0 aromatic carbocycles. The maximum absolute atomic E-state index is 5.34.